The molecule has 1 aromatic heterocycles. The molecule has 0 aliphatic carbocycles. The molecule has 0 aromatic carbocycles. The van der Waals surface area contributed by atoms with Gasteiger partial charge in [-0.05, 0) is 62.3 Å². The van der Waals surface area contributed by atoms with Gasteiger partial charge in [-0.3, -0.25) is 9.69 Å². The fourth-order valence-electron chi connectivity index (χ4n) is 2.49. The van der Waals surface area contributed by atoms with Crippen LogP contribution >= 0.6 is 11.3 Å². The average Bonchev–Trinajstić information content (AvgIpc) is 2.93. The van der Waals surface area contributed by atoms with Gasteiger partial charge in [-0.1, -0.05) is 0 Å². The standard InChI is InChI=1S/C14H23N3OS/c1-11(12-5-8-19-10-12)16-14(18)9-17(2)13-3-6-15-7-4-13/h5,8,10-11,13,15H,3-4,6-7,9H2,1-2H3,(H,16,18)/t11-/m0/s1. The van der Waals surface area contributed by atoms with Crippen molar-refractivity contribution in [3.8, 4) is 0 Å². The first-order valence-electron chi connectivity index (χ1n) is 6.89. The first-order chi connectivity index (χ1) is 9.16. The number of rotatable bonds is 5. The molecule has 1 atom stereocenters. The molecule has 0 saturated carbocycles. The van der Waals surface area contributed by atoms with Crippen molar-refractivity contribution in [1.82, 2.24) is 15.5 Å². The lowest BCUT2D eigenvalue weighted by Crippen LogP contribution is -2.45. The minimum absolute atomic E-state index is 0.0974. The van der Waals surface area contributed by atoms with Gasteiger partial charge in [-0.2, -0.15) is 11.3 Å². The van der Waals surface area contributed by atoms with E-state index in [0.29, 0.717) is 12.6 Å². The van der Waals surface area contributed by atoms with E-state index in [4.69, 9.17) is 0 Å². The monoisotopic (exact) mass is 281 g/mol. The fraction of sp³-hybridized carbons (Fsp3) is 0.643. The van der Waals surface area contributed by atoms with Crippen LogP contribution in [0, 0.1) is 0 Å². The second-order valence-corrected chi connectivity index (χ2v) is 6.02. The molecule has 5 heteroatoms. The third kappa shape index (κ3) is 4.30. The summed E-state index contributed by atoms with van der Waals surface area (Å²) in [6.07, 6.45) is 2.26. The number of hydrogen-bond donors (Lipinski definition) is 2. The maximum Gasteiger partial charge on any atom is 0.234 e. The smallest absolute Gasteiger partial charge is 0.234 e. The molecule has 1 aliphatic heterocycles. The van der Waals surface area contributed by atoms with Gasteiger partial charge in [0.15, 0.2) is 0 Å². The van der Waals surface area contributed by atoms with Crippen LogP contribution in [0.25, 0.3) is 0 Å². The molecule has 106 valence electrons. The number of carbonyl (C=O) groups is 1. The van der Waals surface area contributed by atoms with Gasteiger partial charge in [0.25, 0.3) is 0 Å². The normalized spacial score (nSPS) is 18.5. The highest BCUT2D eigenvalue weighted by Crippen LogP contribution is 2.15. The second kappa shape index (κ2) is 7.03. The van der Waals surface area contributed by atoms with E-state index in [-0.39, 0.29) is 11.9 Å². The Morgan fingerprint density at radius 1 is 1.58 bits per heavy atom. The van der Waals surface area contributed by atoms with E-state index in [1.54, 1.807) is 11.3 Å². The number of nitrogens with zero attached hydrogens (tertiary/aromatic N) is 1. The zero-order valence-corrected chi connectivity index (χ0v) is 12.5. The van der Waals surface area contributed by atoms with E-state index in [0.717, 1.165) is 25.9 Å². The summed E-state index contributed by atoms with van der Waals surface area (Å²) < 4.78 is 0. The van der Waals surface area contributed by atoms with E-state index in [1.807, 2.05) is 19.4 Å². The van der Waals surface area contributed by atoms with Crippen LogP contribution in [0.4, 0.5) is 0 Å². The first kappa shape index (κ1) is 14.5. The number of hydrogen-bond acceptors (Lipinski definition) is 4. The summed E-state index contributed by atoms with van der Waals surface area (Å²) in [5.74, 6) is 0.111. The van der Waals surface area contributed by atoms with Gasteiger partial charge < -0.3 is 10.6 Å². The van der Waals surface area contributed by atoms with Crippen molar-refractivity contribution < 1.29 is 4.79 Å². The van der Waals surface area contributed by atoms with Crippen molar-refractivity contribution in [1.29, 1.82) is 0 Å². The predicted molar refractivity (Wildman–Crippen MR) is 79.4 cm³/mol. The van der Waals surface area contributed by atoms with Gasteiger partial charge in [-0.15, -0.1) is 0 Å². The molecule has 1 aromatic rings. The molecule has 2 rings (SSSR count). The van der Waals surface area contributed by atoms with Crippen molar-refractivity contribution in [2.24, 2.45) is 0 Å². The number of amides is 1. The minimum Gasteiger partial charge on any atom is -0.348 e. The Kier molecular flexibility index (Phi) is 5.36. The lowest BCUT2D eigenvalue weighted by Gasteiger charge is -2.31. The Hall–Kier alpha value is -0.910. The quantitative estimate of drug-likeness (QED) is 0.862. The minimum atomic E-state index is 0.0974. The summed E-state index contributed by atoms with van der Waals surface area (Å²) in [6.45, 7) is 4.63. The maximum absolute atomic E-state index is 12.0. The van der Waals surface area contributed by atoms with E-state index in [2.05, 4.69) is 27.0 Å². The highest BCUT2D eigenvalue weighted by molar-refractivity contribution is 7.07. The number of likely N-dealkylation sites (N-methyl/N-ethyl adjacent to an activating group) is 1. The van der Waals surface area contributed by atoms with Crippen LogP contribution in [0.2, 0.25) is 0 Å². The molecule has 1 saturated heterocycles. The van der Waals surface area contributed by atoms with E-state index in [1.165, 1.54) is 5.56 Å². The highest BCUT2D eigenvalue weighted by Gasteiger charge is 2.20. The van der Waals surface area contributed by atoms with Gasteiger partial charge in [0, 0.05) is 6.04 Å². The molecule has 1 aliphatic rings. The van der Waals surface area contributed by atoms with Crippen LogP contribution in [0.3, 0.4) is 0 Å². The highest BCUT2D eigenvalue weighted by atomic mass is 32.1. The van der Waals surface area contributed by atoms with Crippen molar-refractivity contribution in [2.75, 3.05) is 26.7 Å². The molecular weight excluding hydrogens is 258 g/mol. The number of piperidine rings is 1. The SMILES string of the molecule is C[C@H](NC(=O)CN(C)C1CCNCC1)c1ccsc1. The topological polar surface area (TPSA) is 44.4 Å². The molecule has 1 fully saturated rings. The van der Waals surface area contributed by atoms with Crippen LogP contribution in [0.5, 0.6) is 0 Å². The van der Waals surface area contributed by atoms with Crippen LogP contribution < -0.4 is 10.6 Å². The zero-order chi connectivity index (χ0) is 13.7. The summed E-state index contributed by atoms with van der Waals surface area (Å²) in [5.41, 5.74) is 1.18. The van der Waals surface area contributed by atoms with E-state index < -0.39 is 0 Å². The molecule has 1 amide bonds. The van der Waals surface area contributed by atoms with Gasteiger partial charge in [-0.25, -0.2) is 0 Å². The van der Waals surface area contributed by atoms with Crippen molar-refractivity contribution >= 4 is 17.2 Å². The molecule has 0 radical (unpaired) electrons. The second-order valence-electron chi connectivity index (χ2n) is 5.24. The zero-order valence-electron chi connectivity index (χ0n) is 11.7. The lowest BCUT2D eigenvalue weighted by atomic mass is 10.1. The maximum atomic E-state index is 12.0. The Balaban J connectivity index is 1.77. The Labute approximate surface area is 119 Å². The van der Waals surface area contributed by atoms with Crippen LogP contribution in [-0.4, -0.2) is 43.5 Å². The predicted octanol–water partition coefficient (Wildman–Crippen LogP) is 1.61. The third-order valence-electron chi connectivity index (χ3n) is 3.75. The van der Waals surface area contributed by atoms with Crippen LogP contribution in [-0.2, 0) is 4.79 Å². The van der Waals surface area contributed by atoms with E-state index in [9.17, 15) is 4.79 Å². The molecule has 19 heavy (non-hydrogen) atoms. The summed E-state index contributed by atoms with van der Waals surface area (Å²) in [7, 11) is 2.05. The largest absolute Gasteiger partial charge is 0.348 e. The van der Waals surface area contributed by atoms with Crippen LogP contribution in [0.15, 0.2) is 16.8 Å². The van der Waals surface area contributed by atoms with Gasteiger partial charge in [0.05, 0.1) is 12.6 Å². The van der Waals surface area contributed by atoms with E-state index >= 15 is 0 Å². The number of thiophene rings is 1. The lowest BCUT2D eigenvalue weighted by molar-refractivity contribution is -0.123. The Bertz CT molecular complexity index is 387. The molecule has 0 spiro atoms. The van der Waals surface area contributed by atoms with Gasteiger partial charge in [0.2, 0.25) is 5.91 Å². The molecule has 2 N–H and O–H groups in total. The van der Waals surface area contributed by atoms with Gasteiger partial charge >= 0.3 is 0 Å². The van der Waals surface area contributed by atoms with Crippen LogP contribution in [0.1, 0.15) is 31.4 Å². The van der Waals surface area contributed by atoms with Crippen molar-refractivity contribution in [3.63, 3.8) is 0 Å². The molecule has 0 unspecified atom stereocenters. The van der Waals surface area contributed by atoms with Crippen molar-refractivity contribution in [3.05, 3.63) is 22.4 Å². The third-order valence-corrected chi connectivity index (χ3v) is 4.45. The number of carbonyl (C=O) groups excluding carboxylic acids is 1. The summed E-state index contributed by atoms with van der Waals surface area (Å²) in [4.78, 5) is 14.2. The average molecular weight is 281 g/mol. The molecular formula is C14H23N3OS. The Morgan fingerprint density at radius 2 is 2.32 bits per heavy atom. The first-order valence-corrected chi connectivity index (χ1v) is 7.83. The van der Waals surface area contributed by atoms with Gasteiger partial charge in [0.1, 0.15) is 0 Å². The molecule has 4 nitrogen and oxygen atoms in total. The molecule has 0 bridgehead atoms. The summed E-state index contributed by atoms with van der Waals surface area (Å²) in [5, 5.41) is 10.5. The fourth-order valence-corrected chi connectivity index (χ4v) is 3.25. The van der Waals surface area contributed by atoms with Crippen molar-refractivity contribution in [2.45, 2.75) is 31.8 Å². The summed E-state index contributed by atoms with van der Waals surface area (Å²) >= 11 is 1.66. The summed E-state index contributed by atoms with van der Waals surface area (Å²) in [6, 6.07) is 2.69. The molecule has 2 heterocycles. The Morgan fingerprint density at radius 3 is 2.95 bits per heavy atom. The number of nitrogens with one attached hydrogen (secondary N) is 2.